The van der Waals surface area contributed by atoms with Crippen molar-refractivity contribution in [3.63, 3.8) is 0 Å². The lowest BCUT2D eigenvalue weighted by Crippen LogP contribution is -2.40. The molecule has 0 bridgehead atoms. The van der Waals surface area contributed by atoms with Gasteiger partial charge < -0.3 is 15.2 Å². The first-order chi connectivity index (χ1) is 12.1. The Balaban J connectivity index is 1.71. The summed E-state index contributed by atoms with van der Waals surface area (Å²) < 4.78 is 5.81. The van der Waals surface area contributed by atoms with Crippen LogP contribution in [0.15, 0.2) is 24.3 Å². The molecule has 0 radical (unpaired) electrons. The number of nitrogens with one attached hydrogen (secondary N) is 1. The summed E-state index contributed by atoms with van der Waals surface area (Å²) in [5, 5.41) is 13.8. The fourth-order valence-corrected chi connectivity index (χ4v) is 4.49. The molecule has 0 amide bonds. The van der Waals surface area contributed by atoms with Crippen molar-refractivity contribution in [2.75, 3.05) is 0 Å². The first kappa shape index (κ1) is 18.7. The second kappa shape index (κ2) is 9.05. The van der Waals surface area contributed by atoms with E-state index in [1.807, 2.05) is 0 Å². The molecule has 25 heavy (non-hydrogen) atoms. The number of hydrogen-bond donors (Lipinski definition) is 2. The summed E-state index contributed by atoms with van der Waals surface area (Å²) >= 11 is 0. The molecule has 2 saturated carbocycles. The van der Waals surface area contributed by atoms with Gasteiger partial charge in [0.25, 0.3) is 0 Å². The van der Waals surface area contributed by atoms with E-state index in [2.05, 4.69) is 43.4 Å². The lowest BCUT2D eigenvalue weighted by Gasteiger charge is -2.36. The van der Waals surface area contributed by atoms with Crippen LogP contribution in [0.3, 0.4) is 0 Å². The van der Waals surface area contributed by atoms with Gasteiger partial charge in [-0.05, 0) is 76.0 Å². The summed E-state index contributed by atoms with van der Waals surface area (Å²) in [5.74, 6) is 1.69. The maximum atomic E-state index is 9.79. The van der Waals surface area contributed by atoms with Crippen molar-refractivity contribution < 1.29 is 9.84 Å². The van der Waals surface area contributed by atoms with E-state index in [9.17, 15) is 5.11 Å². The predicted molar refractivity (Wildman–Crippen MR) is 103 cm³/mol. The van der Waals surface area contributed by atoms with Gasteiger partial charge in [-0.3, -0.25) is 0 Å². The Labute approximate surface area is 153 Å². The van der Waals surface area contributed by atoms with Crippen LogP contribution in [-0.2, 0) is 0 Å². The molecule has 0 saturated heterocycles. The number of hydrogen-bond acceptors (Lipinski definition) is 3. The highest BCUT2D eigenvalue weighted by Crippen LogP contribution is 2.36. The molecule has 2 N–H and O–H groups in total. The van der Waals surface area contributed by atoms with Crippen LogP contribution >= 0.6 is 0 Å². The van der Waals surface area contributed by atoms with Gasteiger partial charge in [-0.25, -0.2) is 0 Å². The van der Waals surface area contributed by atoms with Crippen molar-refractivity contribution >= 4 is 0 Å². The van der Waals surface area contributed by atoms with Gasteiger partial charge in [0.15, 0.2) is 0 Å². The van der Waals surface area contributed by atoms with Gasteiger partial charge in [0.05, 0.1) is 12.2 Å². The molecule has 3 nitrogen and oxygen atoms in total. The van der Waals surface area contributed by atoms with Gasteiger partial charge in [-0.15, -0.1) is 0 Å². The Morgan fingerprint density at radius 2 is 1.56 bits per heavy atom. The van der Waals surface area contributed by atoms with Crippen molar-refractivity contribution in [2.24, 2.45) is 5.92 Å². The Bertz CT molecular complexity index is 499. The molecule has 0 aromatic heterocycles. The molecule has 1 unspecified atom stereocenters. The molecule has 2 fully saturated rings. The lowest BCUT2D eigenvalue weighted by atomic mass is 9.80. The van der Waals surface area contributed by atoms with Crippen molar-refractivity contribution in [2.45, 2.75) is 95.9 Å². The molecule has 3 rings (SSSR count). The number of ether oxygens (including phenoxy) is 1. The molecule has 140 valence electrons. The minimum absolute atomic E-state index is 0.0846. The first-order valence-corrected chi connectivity index (χ1v) is 10.3. The Morgan fingerprint density at radius 3 is 2.16 bits per heavy atom. The summed E-state index contributed by atoms with van der Waals surface area (Å²) in [6, 6.07) is 9.73. The molecule has 2 aliphatic carbocycles. The van der Waals surface area contributed by atoms with E-state index >= 15 is 0 Å². The minimum atomic E-state index is -0.0846. The van der Waals surface area contributed by atoms with Crippen LogP contribution in [0.1, 0.15) is 83.2 Å². The van der Waals surface area contributed by atoms with E-state index in [1.165, 1.54) is 37.7 Å². The van der Waals surface area contributed by atoms with Crippen molar-refractivity contribution in [3.8, 4) is 5.75 Å². The quantitative estimate of drug-likeness (QED) is 0.763. The SMILES string of the molecule is CC(C)Oc1ccc(C(NC2CCC(O)CC2)C2CCCCC2)cc1. The summed E-state index contributed by atoms with van der Waals surface area (Å²) in [6.07, 6.45) is 11.0. The number of aliphatic hydroxyl groups excluding tert-OH is 1. The van der Waals surface area contributed by atoms with Crippen LogP contribution in [0.2, 0.25) is 0 Å². The molecular weight excluding hydrogens is 310 g/mol. The van der Waals surface area contributed by atoms with E-state index in [4.69, 9.17) is 4.74 Å². The third-order valence-electron chi connectivity index (χ3n) is 5.84. The normalized spacial score (nSPS) is 26.6. The molecule has 0 aliphatic heterocycles. The van der Waals surface area contributed by atoms with Crippen molar-refractivity contribution in [1.82, 2.24) is 5.32 Å². The Morgan fingerprint density at radius 1 is 0.920 bits per heavy atom. The highest BCUT2D eigenvalue weighted by molar-refractivity contribution is 5.30. The predicted octanol–water partition coefficient (Wildman–Crippen LogP) is 4.99. The Hall–Kier alpha value is -1.06. The number of rotatable bonds is 6. The van der Waals surface area contributed by atoms with Crippen LogP contribution < -0.4 is 10.1 Å². The zero-order chi connectivity index (χ0) is 17.6. The number of benzene rings is 1. The molecule has 3 heteroatoms. The lowest BCUT2D eigenvalue weighted by molar-refractivity contribution is 0.109. The van der Waals surface area contributed by atoms with Crippen LogP contribution in [0.25, 0.3) is 0 Å². The van der Waals surface area contributed by atoms with E-state index in [-0.39, 0.29) is 12.2 Å². The average molecular weight is 346 g/mol. The van der Waals surface area contributed by atoms with E-state index in [0.29, 0.717) is 12.1 Å². The van der Waals surface area contributed by atoms with E-state index < -0.39 is 0 Å². The second-order valence-electron chi connectivity index (χ2n) is 8.28. The molecule has 1 aromatic carbocycles. The molecule has 1 atom stereocenters. The maximum Gasteiger partial charge on any atom is 0.119 e. The number of aliphatic hydroxyl groups is 1. The fraction of sp³-hybridized carbons (Fsp3) is 0.727. The van der Waals surface area contributed by atoms with Gasteiger partial charge in [-0.1, -0.05) is 31.4 Å². The monoisotopic (exact) mass is 345 g/mol. The van der Waals surface area contributed by atoms with Gasteiger partial charge in [-0.2, -0.15) is 0 Å². The van der Waals surface area contributed by atoms with Gasteiger partial charge >= 0.3 is 0 Å². The summed E-state index contributed by atoms with van der Waals surface area (Å²) in [5.41, 5.74) is 1.40. The smallest absolute Gasteiger partial charge is 0.119 e. The van der Waals surface area contributed by atoms with Gasteiger partial charge in [0.1, 0.15) is 5.75 Å². The topological polar surface area (TPSA) is 41.5 Å². The summed E-state index contributed by atoms with van der Waals surface area (Å²) in [6.45, 7) is 4.13. The minimum Gasteiger partial charge on any atom is -0.491 e. The Kier molecular flexibility index (Phi) is 6.77. The standard InChI is InChI=1S/C22H35NO2/c1-16(2)25-21-14-8-18(9-15-21)22(17-6-4-3-5-7-17)23-19-10-12-20(24)13-11-19/h8-9,14-17,19-20,22-24H,3-7,10-13H2,1-2H3. The van der Waals surface area contributed by atoms with E-state index in [1.54, 1.807) is 0 Å². The first-order valence-electron chi connectivity index (χ1n) is 10.3. The summed E-state index contributed by atoms with van der Waals surface area (Å²) in [4.78, 5) is 0. The second-order valence-corrected chi connectivity index (χ2v) is 8.28. The molecular formula is C22H35NO2. The van der Waals surface area contributed by atoms with Crippen LogP contribution in [0.5, 0.6) is 5.75 Å². The molecule has 0 heterocycles. The van der Waals surface area contributed by atoms with Gasteiger partial charge in [0.2, 0.25) is 0 Å². The van der Waals surface area contributed by atoms with Crippen LogP contribution in [0.4, 0.5) is 0 Å². The molecule has 0 spiro atoms. The molecule has 2 aliphatic rings. The van der Waals surface area contributed by atoms with Crippen LogP contribution in [-0.4, -0.2) is 23.4 Å². The fourth-order valence-electron chi connectivity index (χ4n) is 4.49. The zero-order valence-electron chi connectivity index (χ0n) is 15.9. The van der Waals surface area contributed by atoms with Gasteiger partial charge in [0, 0.05) is 12.1 Å². The van der Waals surface area contributed by atoms with Crippen molar-refractivity contribution in [3.05, 3.63) is 29.8 Å². The van der Waals surface area contributed by atoms with E-state index in [0.717, 1.165) is 37.4 Å². The highest BCUT2D eigenvalue weighted by Gasteiger charge is 2.29. The maximum absolute atomic E-state index is 9.79. The van der Waals surface area contributed by atoms with Crippen molar-refractivity contribution in [1.29, 1.82) is 0 Å². The molecule has 1 aromatic rings. The zero-order valence-corrected chi connectivity index (χ0v) is 15.9. The highest BCUT2D eigenvalue weighted by atomic mass is 16.5. The third kappa shape index (κ3) is 5.46. The largest absolute Gasteiger partial charge is 0.491 e. The van der Waals surface area contributed by atoms with Crippen LogP contribution in [0, 0.1) is 5.92 Å². The summed E-state index contributed by atoms with van der Waals surface area (Å²) in [7, 11) is 0. The third-order valence-corrected chi connectivity index (χ3v) is 5.84. The average Bonchev–Trinajstić information content (AvgIpc) is 2.62.